The molecule has 0 saturated carbocycles. The lowest BCUT2D eigenvalue weighted by molar-refractivity contribution is -0.123. The maximum Gasteiger partial charge on any atom is 0.234 e. The molecule has 3 atom stereocenters. The standard InChI is InChI=1S/C9H19N3O/c1-6-4-12(5-7(2)11-6)8(3)9(10)13/h6-8,11H,4-5H2,1-3H3,(H2,10,13). The number of amides is 1. The van der Waals surface area contributed by atoms with Crippen molar-refractivity contribution in [1.82, 2.24) is 10.2 Å². The van der Waals surface area contributed by atoms with Gasteiger partial charge in [-0.2, -0.15) is 0 Å². The molecule has 1 aliphatic heterocycles. The van der Waals surface area contributed by atoms with Crippen LogP contribution in [0.4, 0.5) is 0 Å². The third-order valence-corrected chi connectivity index (χ3v) is 2.55. The molecule has 4 heteroatoms. The summed E-state index contributed by atoms with van der Waals surface area (Å²) in [4.78, 5) is 13.1. The summed E-state index contributed by atoms with van der Waals surface area (Å²) in [6.45, 7) is 7.91. The molecule has 1 rings (SSSR count). The van der Waals surface area contributed by atoms with E-state index in [0.29, 0.717) is 12.1 Å². The lowest BCUT2D eigenvalue weighted by Gasteiger charge is -2.38. The molecular formula is C9H19N3O. The Morgan fingerprint density at radius 2 is 1.92 bits per heavy atom. The van der Waals surface area contributed by atoms with Crippen LogP contribution in [0.25, 0.3) is 0 Å². The minimum absolute atomic E-state index is 0.146. The van der Waals surface area contributed by atoms with Gasteiger partial charge in [0.25, 0.3) is 0 Å². The molecule has 1 saturated heterocycles. The van der Waals surface area contributed by atoms with E-state index >= 15 is 0 Å². The van der Waals surface area contributed by atoms with E-state index < -0.39 is 0 Å². The van der Waals surface area contributed by atoms with Gasteiger partial charge in [0, 0.05) is 25.2 Å². The number of nitrogens with one attached hydrogen (secondary N) is 1. The summed E-state index contributed by atoms with van der Waals surface area (Å²) in [5.41, 5.74) is 5.26. The Morgan fingerprint density at radius 3 is 2.31 bits per heavy atom. The summed E-state index contributed by atoms with van der Waals surface area (Å²) in [5.74, 6) is -0.235. The second-order valence-corrected chi connectivity index (χ2v) is 4.00. The summed E-state index contributed by atoms with van der Waals surface area (Å²) >= 11 is 0. The Balaban J connectivity index is 2.54. The predicted molar refractivity (Wildman–Crippen MR) is 52.3 cm³/mol. The van der Waals surface area contributed by atoms with Crippen molar-refractivity contribution in [1.29, 1.82) is 0 Å². The van der Waals surface area contributed by atoms with E-state index in [-0.39, 0.29) is 11.9 Å². The van der Waals surface area contributed by atoms with Crippen molar-refractivity contribution in [2.75, 3.05) is 13.1 Å². The molecule has 4 nitrogen and oxygen atoms in total. The quantitative estimate of drug-likeness (QED) is 0.612. The number of rotatable bonds is 2. The van der Waals surface area contributed by atoms with Crippen molar-refractivity contribution in [3.8, 4) is 0 Å². The molecule has 1 heterocycles. The molecule has 0 aromatic heterocycles. The largest absolute Gasteiger partial charge is 0.368 e. The second-order valence-electron chi connectivity index (χ2n) is 4.00. The fraction of sp³-hybridized carbons (Fsp3) is 0.889. The Bertz CT molecular complexity index is 185. The highest BCUT2D eigenvalue weighted by Gasteiger charge is 2.26. The van der Waals surface area contributed by atoms with Crippen molar-refractivity contribution in [2.45, 2.75) is 38.9 Å². The molecule has 1 aliphatic rings. The zero-order chi connectivity index (χ0) is 10.0. The Morgan fingerprint density at radius 1 is 1.46 bits per heavy atom. The van der Waals surface area contributed by atoms with Crippen LogP contribution in [0.15, 0.2) is 0 Å². The van der Waals surface area contributed by atoms with Crippen LogP contribution >= 0.6 is 0 Å². The number of carbonyl (C=O) groups is 1. The zero-order valence-corrected chi connectivity index (χ0v) is 8.58. The maximum atomic E-state index is 11.0. The molecule has 0 radical (unpaired) electrons. The molecule has 1 amide bonds. The highest BCUT2D eigenvalue weighted by Crippen LogP contribution is 2.07. The van der Waals surface area contributed by atoms with Crippen molar-refractivity contribution in [3.05, 3.63) is 0 Å². The van der Waals surface area contributed by atoms with Crippen LogP contribution in [0.1, 0.15) is 20.8 Å². The van der Waals surface area contributed by atoms with Crippen LogP contribution in [0.2, 0.25) is 0 Å². The minimum atomic E-state index is -0.235. The summed E-state index contributed by atoms with van der Waals surface area (Å²) in [7, 11) is 0. The average Bonchev–Trinajstić information content (AvgIpc) is 2.01. The van der Waals surface area contributed by atoms with Gasteiger partial charge in [0.15, 0.2) is 0 Å². The van der Waals surface area contributed by atoms with E-state index in [0.717, 1.165) is 13.1 Å². The Kier molecular flexibility index (Phi) is 3.27. The monoisotopic (exact) mass is 185 g/mol. The number of nitrogens with zero attached hydrogens (tertiary/aromatic N) is 1. The van der Waals surface area contributed by atoms with Gasteiger partial charge >= 0.3 is 0 Å². The molecule has 0 aromatic rings. The van der Waals surface area contributed by atoms with Gasteiger partial charge in [0.2, 0.25) is 5.91 Å². The van der Waals surface area contributed by atoms with Gasteiger partial charge in [-0.3, -0.25) is 9.69 Å². The molecule has 0 bridgehead atoms. The normalized spacial score (nSPS) is 32.8. The molecule has 3 N–H and O–H groups in total. The number of hydrogen-bond donors (Lipinski definition) is 2. The summed E-state index contributed by atoms with van der Waals surface area (Å²) in [6, 6.07) is 0.725. The fourth-order valence-electron chi connectivity index (χ4n) is 1.87. The van der Waals surface area contributed by atoms with Gasteiger partial charge in [-0.05, 0) is 20.8 Å². The molecule has 0 aromatic carbocycles. The van der Waals surface area contributed by atoms with Gasteiger partial charge < -0.3 is 11.1 Å². The van der Waals surface area contributed by atoms with Crippen molar-refractivity contribution >= 4 is 5.91 Å². The van der Waals surface area contributed by atoms with Gasteiger partial charge in [-0.1, -0.05) is 0 Å². The van der Waals surface area contributed by atoms with Crippen LogP contribution in [0.5, 0.6) is 0 Å². The lowest BCUT2D eigenvalue weighted by atomic mass is 10.1. The zero-order valence-electron chi connectivity index (χ0n) is 8.58. The third kappa shape index (κ3) is 2.67. The van der Waals surface area contributed by atoms with Gasteiger partial charge in [0.05, 0.1) is 6.04 Å². The average molecular weight is 185 g/mol. The van der Waals surface area contributed by atoms with Crippen LogP contribution in [0, 0.1) is 0 Å². The van der Waals surface area contributed by atoms with E-state index in [2.05, 4.69) is 24.1 Å². The molecule has 0 spiro atoms. The highest BCUT2D eigenvalue weighted by atomic mass is 16.1. The molecule has 13 heavy (non-hydrogen) atoms. The van der Waals surface area contributed by atoms with Crippen molar-refractivity contribution in [3.63, 3.8) is 0 Å². The predicted octanol–water partition coefficient (Wildman–Crippen LogP) is -0.458. The number of primary amides is 1. The highest BCUT2D eigenvalue weighted by molar-refractivity contribution is 5.79. The molecule has 76 valence electrons. The van der Waals surface area contributed by atoms with Crippen molar-refractivity contribution < 1.29 is 4.79 Å². The molecular weight excluding hydrogens is 166 g/mol. The molecule has 3 unspecified atom stereocenters. The van der Waals surface area contributed by atoms with Crippen molar-refractivity contribution in [2.24, 2.45) is 5.73 Å². The molecule has 0 aliphatic carbocycles. The molecule has 1 fully saturated rings. The Hall–Kier alpha value is -0.610. The van der Waals surface area contributed by atoms with Gasteiger partial charge in [0.1, 0.15) is 0 Å². The number of nitrogens with two attached hydrogens (primary N) is 1. The number of piperazine rings is 1. The first kappa shape index (κ1) is 10.5. The third-order valence-electron chi connectivity index (χ3n) is 2.55. The van der Waals surface area contributed by atoms with Gasteiger partial charge in [-0.15, -0.1) is 0 Å². The SMILES string of the molecule is CC1CN(C(C)C(N)=O)CC(C)N1. The maximum absolute atomic E-state index is 11.0. The van der Waals surface area contributed by atoms with E-state index in [1.807, 2.05) is 6.92 Å². The summed E-state index contributed by atoms with van der Waals surface area (Å²) < 4.78 is 0. The fourth-order valence-corrected chi connectivity index (χ4v) is 1.87. The smallest absolute Gasteiger partial charge is 0.234 e. The Labute approximate surface area is 79.5 Å². The number of carbonyl (C=O) groups excluding carboxylic acids is 1. The van der Waals surface area contributed by atoms with E-state index in [1.54, 1.807) is 0 Å². The van der Waals surface area contributed by atoms with Crippen LogP contribution < -0.4 is 11.1 Å². The second kappa shape index (κ2) is 4.07. The first-order valence-corrected chi connectivity index (χ1v) is 4.80. The first-order valence-electron chi connectivity index (χ1n) is 4.80. The van der Waals surface area contributed by atoms with Crippen LogP contribution in [-0.4, -0.2) is 42.0 Å². The lowest BCUT2D eigenvalue weighted by Crippen LogP contribution is -2.58. The van der Waals surface area contributed by atoms with Gasteiger partial charge in [-0.25, -0.2) is 0 Å². The summed E-state index contributed by atoms with van der Waals surface area (Å²) in [6.07, 6.45) is 0. The van der Waals surface area contributed by atoms with Crippen LogP contribution in [-0.2, 0) is 4.79 Å². The number of hydrogen-bond acceptors (Lipinski definition) is 3. The topological polar surface area (TPSA) is 58.4 Å². The van der Waals surface area contributed by atoms with E-state index in [4.69, 9.17) is 5.73 Å². The van der Waals surface area contributed by atoms with Crippen LogP contribution in [0.3, 0.4) is 0 Å². The summed E-state index contributed by atoms with van der Waals surface area (Å²) in [5, 5.41) is 3.41. The first-order chi connectivity index (χ1) is 6.00. The van der Waals surface area contributed by atoms with E-state index in [9.17, 15) is 4.79 Å². The van der Waals surface area contributed by atoms with E-state index in [1.165, 1.54) is 0 Å². The minimum Gasteiger partial charge on any atom is -0.368 e.